The summed E-state index contributed by atoms with van der Waals surface area (Å²) in [5, 5.41) is 14.9. The molecule has 66 heavy (non-hydrogen) atoms. The lowest BCUT2D eigenvalue weighted by molar-refractivity contribution is 0.484. The highest BCUT2D eigenvalue weighted by Gasteiger charge is 2.26. The highest BCUT2D eigenvalue weighted by Crippen LogP contribution is 2.43. The van der Waals surface area contributed by atoms with Crippen molar-refractivity contribution in [3.05, 3.63) is 145 Å². The summed E-state index contributed by atoms with van der Waals surface area (Å²) in [5.74, 6) is 1.06. The molecule has 290 valence electrons. The van der Waals surface area contributed by atoms with Crippen LogP contribution >= 0.6 is 0 Å². The maximum absolute atomic E-state index is 11.1. The van der Waals surface area contributed by atoms with Crippen molar-refractivity contribution in [3.63, 3.8) is 0 Å². The van der Waals surface area contributed by atoms with Crippen LogP contribution in [0.1, 0.15) is 5.56 Å². The Kier molecular flexibility index (Phi) is 9.84. The van der Waals surface area contributed by atoms with Crippen molar-refractivity contribution in [2.75, 3.05) is 0 Å². The van der Waals surface area contributed by atoms with E-state index in [4.69, 9.17) is 77.7 Å². The van der Waals surface area contributed by atoms with E-state index in [1.54, 1.807) is 0 Å². The molecule has 0 atom stereocenters. The molecule has 0 fully saturated rings. The highest BCUT2D eigenvalue weighted by atomic mass is 16.3. The molecule has 11 aromatic rings. The van der Waals surface area contributed by atoms with Crippen LogP contribution in [0.15, 0.2) is 140 Å². The zero-order valence-corrected chi connectivity index (χ0v) is 35.6. The van der Waals surface area contributed by atoms with Gasteiger partial charge in [0.25, 0.3) is 0 Å². The Morgan fingerprint density at radius 2 is 0.909 bits per heavy atom. The molecule has 0 unspecified atom stereocenters. The lowest BCUT2D eigenvalue weighted by Gasteiger charge is -2.25. The van der Waals surface area contributed by atoms with Crippen LogP contribution < -0.4 is 43.7 Å². The van der Waals surface area contributed by atoms with Crippen LogP contribution in [0, 0.1) is 6.92 Å². The largest absolute Gasteiger partial charge is 0.509 e. The van der Waals surface area contributed by atoms with Gasteiger partial charge in [-0.05, 0) is 47.3 Å². The van der Waals surface area contributed by atoms with Gasteiger partial charge < -0.3 is 9.67 Å². The average Bonchev–Trinajstić information content (AvgIpc) is 3.88. The Balaban J connectivity index is 1.34. The molecule has 16 radical (unpaired) electrons. The maximum atomic E-state index is 11.1. The first kappa shape index (κ1) is 41.4. The second-order valence-electron chi connectivity index (χ2n) is 16.3. The van der Waals surface area contributed by atoms with E-state index in [2.05, 4.69) is 45.5 Å². The molecule has 11 rings (SSSR count). The van der Waals surface area contributed by atoms with E-state index < -0.39 is 0 Å². The average molecular weight is 824 g/mol. The van der Waals surface area contributed by atoms with Gasteiger partial charge in [0.2, 0.25) is 5.95 Å². The predicted octanol–water partition coefficient (Wildman–Crippen LogP) is 3.10. The Morgan fingerprint density at radius 1 is 0.409 bits per heavy atom. The van der Waals surface area contributed by atoms with Gasteiger partial charge in [-0.1, -0.05) is 149 Å². The molecule has 0 bridgehead atoms. The number of nitrogens with zero attached hydrogens (tertiary/aromatic N) is 5. The maximum Gasteiger partial charge on any atom is 0.238 e. The molecule has 3 heterocycles. The van der Waals surface area contributed by atoms with Gasteiger partial charge in [0, 0.05) is 38.2 Å². The van der Waals surface area contributed by atoms with Crippen molar-refractivity contribution in [2.24, 2.45) is 0 Å². The topological polar surface area (TPSA) is 68.8 Å². The van der Waals surface area contributed by atoms with Crippen molar-refractivity contribution in [3.8, 4) is 62.4 Å². The number of benzene rings is 8. The van der Waals surface area contributed by atoms with Gasteiger partial charge in [-0.3, -0.25) is 4.57 Å². The number of fused-ring (bicyclic) bond motifs is 7. The number of rotatable bonds is 6. The van der Waals surface area contributed by atoms with Crippen molar-refractivity contribution >= 4 is 150 Å². The monoisotopic (exact) mass is 825 g/mol. The summed E-state index contributed by atoms with van der Waals surface area (Å²) >= 11 is 0. The Morgan fingerprint density at radius 3 is 1.50 bits per heavy atom. The van der Waals surface area contributed by atoms with E-state index in [-0.39, 0.29) is 38.5 Å². The van der Waals surface area contributed by atoms with Gasteiger partial charge in [-0.2, -0.15) is 9.97 Å². The van der Waals surface area contributed by atoms with Gasteiger partial charge in [0.05, 0.1) is 27.8 Å². The summed E-state index contributed by atoms with van der Waals surface area (Å²) < 4.78 is 4.28. The summed E-state index contributed by atoms with van der Waals surface area (Å²) in [4.78, 5) is 15.5. The van der Waals surface area contributed by atoms with Crippen LogP contribution in [-0.4, -0.2) is 92.0 Å². The summed E-state index contributed by atoms with van der Waals surface area (Å²) in [5.41, 5.74) is 9.18. The normalized spacial score (nSPS) is 11.7. The van der Waals surface area contributed by atoms with E-state index >= 15 is 0 Å². The van der Waals surface area contributed by atoms with E-state index in [9.17, 15) is 5.11 Å². The molecule has 6 nitrogen and oxygen atoms in total. The van der Waals surface area contributed by atoms with Crippen molar-refractivity contribution in [1.29, 1.82) is 0 Å². The first-order valence-electron chi connectivity index (χ1n) is 21.1. The summed E-state index contributed by atoms with van der Waals surface area (Å²) in [6.07, 6.45) is 0. The number of para-hydroxylation sites is 2. The minimum Gasteiger partial charge on any atom is -0.509 e. The molecule has 3 aromatic heterocycles. The zero-order chi connectivity index (χ0) is 45.7. The van der Waals surface area contributed by atoms with E-state index in [1.165, 1.54) is 0 Å². The zero-order valence-electron chi connectivity index (χ0n) is 35.6. The Hall–Kier alpha value is -7.31. The second kappa shape index (κ2) is 15.7. The molecule has 0 amide bonds. The Bertz CT molecular complexity index is 3720. The lowest BCUT2D eigenvalue weighted by atomic mass is 9.63. The van der Waals surface area contributed by atoms with Crippen LogP contribution in [0.2, 0.25) is 0 Å². The molecule has 0 spiro atoms. The molecule has 8 aromatic carbocycles. The van der Waals surface area contributed by atoms with Crippen LogP contribution in [0.4, 0.5) is 0 Å². The lowest BCUT2D eigenvalue weighted by Crippen LogP contribution is -2.46. The van der Waals surface area contributed by atoms with Crippen LogP contribution in [0.3, 0.4) is 0 Å². The molecule has 0 aliphatic carbocycles. The molecule has 0 saturated carbocycles. The Labute approximate surface area is 391 Å². The first-order chi connectivity index (χ1) is 31.9. The quantitative estimate of drug-likeness (QED) is 0.262. The third kappa shape index (κ3) is 6.18. The standard InChI is InChI=1S/C52H27B8N5O/c1-25-39(53)38(42(56)44(58)40(25)54)33-21-20-28(37-41(55)45(59)46(60)49(66)43(37)57)24-36(33)64-34-18-10-8-16-29(34)31-22-23-32-30-17-9-11-19-35(30)65(48(32)47(31)64)52-62-50(26-12-4-2-5-13-26)61-51(63-52)27-14-6-3-7-15-27/h2-24,66H,1H3. The smallest absolute Gasteiger partial charge is 0.238 e. The summed E-state index contributed by atoms with van der Waals surface area (Å²) in [7, 11) is 52.9. The number of hydrogen-bond donors (Lipinski definition) is 1. The fourth-order valence-electron chi connectivity index (χ4n) is 9.32. The summed E-state index contributed by atoms with van der Waals surface area (Å²) in [6, 6.07) is 46.0. The highest BCUT2D eigenvalue weighted by molar-refractivity contribution is 6.63. The van der Waals surface area contributed by atoms with Gasteiger partial charge in [0.1, 0.15) is 68.5 Å². The van der Waals surface area contributed by atoms with Gasteiger partial charge in [-0.25, -0.2) is 4.98 Å². The van der Waals surface area contributed by atoms with Crippen molar-refractivity contribution in [1.82, 2.24) is 24.1 Å². The fraction of sp³-hybridized carbons (Fsp3) is 0.0192. The van der Waals surface area contributed by atoms with Crippen LogP contribution in [0.25, 0.3) is 100 Å². The number of hydrogen-bond acceptors (Lipinski definition) is 4. The van der Waals surface area contributed by atoms with Gasteiger partial charge >= 0.3 is 0 Å². The molecular formula is C52H27B8N5O. The van der Waals surface area contributed by atoms with Crippen molar-refractivity contribution < 1.29 is 5.11 Å². The van der Waals surface area contributed by atoms with Crippen LogP contribution in [-0.2, 0) is 0 Å². The third-order valence-electron chi connectivity index (χ3n) is 12.7. The molecule has 0 aliphatic rings. The van der Waals surface area contributed by atoms with Crippen LogP contribution in [0.5, 0.6) is 5.75 Å². The van der Waals surface area contributed by atoms with Crippen molar-refractivity contribution in [2.45, 2.75) is 6.92 Å². The number of aromatic nitrogens is 5. The molecular weight excluding hydrogens is 797 g/mol. The van der Waals surface area contributed by atoms with E-state index in [0.717, 1.165) is 54.7 Å². The third-order valence-corrected chi connectivity index (χ3v) is 12.7. The number of aromatic hydroxyl groups is 1. The summed E-state index contributed by atoms with van der Waals surface area (Å²) in [6.45, 7) is 1.81. The number of phenols is 1. The van der Waals surface area contributed by atoms with E-state index in [0.29, 0.717) is 62.0 Å². The van der Waals surface area contributed by atoms with E-state index in [1.807, 2.05) is 110 Å². The number of phenolic OH excluding ortho intramolecular Hbond substituents is 1. The van der Waals surface area contributed by atoms with Gasteiger partial charge in [0.15, 0.2) is 11.6 Å². The predicted molar refractivity (Wildman–Crippen MR) is 280 cm³/mol. The molecule has 1 N–H and O–H groups in total. The second-order valence-corrected chi connectivity index (χ2v) is 16.3. The molecule has 14 heteroatoms. The fourth-order valence-corrected chi connectivity index (χ4v) is 9.32. The molecule has 0 aliphatic heterocycles. The minimum atomic E-state index is -0.372. The minimum absolute atomic E-state index is 0.00272. The first-order valence-corrected chi connectivity index (χ1v) is 21.1. The van der Waals surface area contributed by atoms with Gasteiger partial charge in [-0.15, -0.1) is 16.4 Å². The molecule has 0 saturated heterocycles. The SMILES string of the molecule is [B]c1c([B])c(O)c([B])c(-c2ccc(-c3c([B])c([B])c([B])c(C)c3[B])c(-n3c4ccccc4c4ccc5c6ccccc6n(-c6nc(-c7ccccc7)nc(-c7ccccc7)n6)c5c43)c2)c1[B].